The Bertz CT molecular complexity index is 359. The van der Waals surface area contributed by atoms with Crippen molar-refractivity contribution in [2.75, 3.05) is 18.9 Å². The van der Waals surface area contributed by atoms with Gasteiger partial charge < -0.3 is 10.5 Å². The lowest BCUT2D eigenvalue weighted by atomic mass is 9.99. The Kier molecular flexibility index (Phi) is 3.39. The first-order chi connectivity index (χ1) is 7.66. The second-order valence-corrected chi connectivity index (χ2v) is 4.62. The average molecular weight is 221 g/mol. The van der Waals surface area contributed by atoms with Crippen molar-refractivity contribution in [1.82, 2.24) is 9.97 Å². The van der Waals surface area contributed by atoms with Gasteiger partial charge in [0.1, 0.15) is 11.6 Å². The zero-order valence-corrected chi connectivity index (χ0v) is 9.94. The molecule has 2 rings (SSSR count). The van der Waals surface area contributed by atoms with Crippen molar-refractivity contribution in [3.8, 4) is 0 Å². The fraction of sp³-hybridized carbons (Fsp3) is 0.667. The molecule has 1 aliphatic rings. The summed E-state index contributed by atoms with van der Waals surface area (Å²) in [6.07, 6.45) is 2.00. The van der Waals surface area contributed by atoms with Gasteiger partial charge in [0.15, 0.2) is 0 Å². The van der Waals surface area contributed by atoms with Gasteiger partial charge in [0.2, 0.25) is 0 Å². The molecular formula is C12H19N3O. The molecule has 2 N–H and O–H groups in total. The number of nitrogens with two attached hydrogens (primary N) is 1. The molecule has 1 saturated heterocycles. The molecule has 4 heteroatoms. The van der Waals surface area contributed by atoms with Crippen molar-refractivity contribution < 1.29 is 4.74 Å². The minimum Gasteiger partial charge on any atom is -0.384 e. The number of nitrogens with zero attached hydrogens (tertiary/aromatic N) is 2. The average Bonchev–Trinajstić information content (AvgIpc) is 2.29. The molecule has 1 aromatic rings. The lowest BCUT2D eigenvalue weighted by Gasteiger charge is -2.21. The van der Waals surface area contributed by atoms with E-state index in [1.807, 2.05) is 6.07 Å². The molecule has 1 fully saturated rings. The number of aromatic nitrogens is 2. The van der Waals surface area contributed by atoms with Gasteiger partial charge in [-0.1, -0.05) is 13.8 Å². The van der Waals surface area contributed by atoms with Crippen molar-refractivity contribution in [1.29, 1.82) is 0 Å². The summed E-state index contributed by atoms with van der Waals surface area (Å²) in [5.41, 5.74) is 6.86. The van der Waals surface area contributed by atoms with Crippen molar-refractivity contribution in [2.45, 2.75) is 38.5 Å². The van der Waals surface area contributed by atoms with Gasteiger partial charge in [-0.15, -0.1) is 0 Å². The topological polar surface area (TPSA) is 61.0 Å². The predicted octanol–water partition coefficient (Wildman–Crippen LogP) is 2.08. The van der Waals surface area contributed by atoms with Crippen LogP contribution >= 0.6 is 0 Å². The third-order valence-corrected chi connectivity index (χ3v) is 2.96. The second kappa shape index (κ2) is 4.78. The summed E-state index contributed by atoms with van der Waals surface area (Å²) in [5.74, 6) is 2.28. The fourth-order valence-electron chi connectivity index (χ4n) is 1.94. The normalized spacial score (nSPS) is 17.9. The molecule has 1 aromatic heterocycles. The van der Waals surface area contributed by atoms with Crippen molar-refractivity contribution >= 4 is 5.82 Å². The highest BCUT2D eigenvalue weighted by molar-refractivity contribution is 5.31. The molecular weight excluding hydrogens is 202 g/mol. The van der Waals surface area contributed by atoms with Crippen LogP contribution in [0.5, 0.6) is 0 Å². The summed E-state index contributed by atoms with van der Waals surface area (Å²) in [4.78, 5) is 8.96. The van der Waals surface area contributed by atoms with Crippen LogP contribution in [-0.2, 0) is 4.74 Å². The van der Waals surface area contributed by atoms with Crippen molar-refractivity contribution in [2.24, 2.45) is 0 Å². The number of nitrogen functional groups attached to an aromatic ring is 1. The first kappa shape index (κ1) is 11.3. The van der Waals surface area contributed by atoms with E-state index in [9.17, 15) is 0 Å². The zero-order valence-electron chi connectivity index (χ0n) is 9.94. The molecule has 16 heavy (non-hydrogen) atoms. The van der Waals surface area contributed by atoms with E-state index < -0.39 is 0 Å². The lowest BCUT2D eigenvalue weighted by Crippen LogP contribution is -2.17. The van der Waals surface area contributed by atoms with Crippen molar-refractivity contribution in [3.05, 3.63) is 17.6 Å². The number of rotatable bonds is 2. The monoisotopic (exact) mass is 221 g/mol. The minimum atomic E-state index is 0.392. The van der Waals surface area contributed by atoms with Crippen LogP contribution in [0.15, 0.2) is 6.07 Å². The number of anilines is 1. The van der Waals surface area contributed by atoms with E-state index in [1.165, 1.54) is 0 Å². The Morgan fingerprint density at radius 1 is 1.31 bits per heavy atom. The van der Waals surface area contributed by atoms with Gasteiger partial charge in [-0.25, -0.2) is 9.97 Å². The molecule has 0 bridgehead atoms. The maximum atomic E-state index is 5.82. The summed E-state index contributed by atoms with van der Waals surface area (Å²) in [6.45, 7) is 5.85. The van der Waals surface area contributed by atoms with Gasteiger partial charge in [0.05, 0.1) is 0 Å². The van der Waals surface area contributed by atoms with Gasteiger partial charge in [-0.3, -0.25) is 0 Å². The lowest BCUT2D eigenvalue weighted by molar-refractivity contribution is 0.0835. The maximum Gasteiger partial charge on any atom is 0.134 e. The SMILES string of the molecule is CC(C)c1cc(N)nc(C2CCOCC2)n1. The smallest absolute Gasteiger partial charge is 0.134 e. The van der Waals surface area contributed by atoms with Gasteiger partial charge >= 0.3 is 0 Å². The van der Waals surface area contributed by atoms with E-state index in [0.717, 1.165) is 37.6 Å². The number of hydrogen-bond donors (Lipinski definition) is 1. The van der Waals surface area contributed by atoms with Crippen LogP contribution in [0.2, 0.25) is 0 Å². The zero-order chi connectivity index (χ0) is 11.5. The van der Waals surface area contributed by atoms with Crippen LogP contribution in [-0.4, -0.2) is 23.2 Å². The molecule has 0 amide bonds. The van der Waals surface area contributed by atoms with E-state index in [4.69, 9.17) is 10.5 Å². The molecule has 0 aliphatic carbocycles. The maximum absolute atomic E-state index is 5.82. The van der Waals surface area contributed by atoms with Gasteiger partial charge in [-0.2, -0.15) is 0 Å². The van der Waals surface area contributed by atoms with Crippen LogP contribution in [0.3, 0.4) is 0 Å². The summed E-state index contributed by atoms with van der Waals surface area (Å²) >= 11 is 0. The molecule has 0 radical (unpaired) electrons. The standard InChI is InChI=1S/C12H19N3O/c1-8(2)10-7-11(13)15-12(14-10)9-3-5-16-6-4-9/h7-9H,3-6H2,1-2H3,(H2,13,14,15). The highest BCUT2D eigenvalue weighted by Crippen LogP contribution is 2.26. The third-order valence-electron chi connectivity index (χ3n) is 2.96. The van der Waals surface area contributed by atoms with E-state index in [2.05, 4.69) is 23.8 Å². The Labute approximate surface area is 96.2 Å². The highest BCUT2D eigenvalue weighted by atomic mass is 16.5. The minimum absolute atomic E-state index is 0.392. The Hall–Kier alpha value is -1.16. The molecule has 88 valence electrons. The Balaban J connectivity index is 2.25. The molecule has 1 aliphatic heterocycles. The quantitative estimate of drug-likeness (QED) is 0.830. The molecule has 0 spiro atoms. The fourth-order valence-corrected chi connectivity index (χ4v) is 1.94. The first-order valence-electron chi connectivity index (χ1n) is 5.89. The van der Waals surface area contributed by atoms with Gasteiger partial charge in [-0.05, 0) is 18.8 Å². The highest BCUT2D eigenvalue weighted by Gasteiger charge is 2.19. The molecule has 4 nitrogen and oxygen atoms in total. The molecule has 0 aromatic carbocycles. The van der Waals surface area contributed by atoms with E-state index >= 15 is 0 Å². The second-order valence-electron chi connectivity index (χ2n) is 4.62. The van der Waals surface area contributed by atoms with Crippen LogP contribution in [0.1, 0.15) is 50.0 Å². The number of hydrogen-bond acceptors (Lipinski definition) is 4. The van der Waals surface area contributed by atoms with E-state index in [-0.39, 0.29) is 0 Å². The summed E-state index contributed by atoms with van der Waals surface area (Å²) < 4.78 is 5.34. The first-order valence-corrected chi connectivity index (χ1v) is 5.89. The largest absolute Gasteiger partial charge is 0.384 e. The van der Waals surface area contributed by atoms with E-state index in [1.54, 1.807) is 0 Å². The van der Waals surface area contributed by atoms with Crippen LogP contribution in [0.25, 0.3) is 0 Å². The van der Waals surface area contributed by atoms with Gasteiger partial charge in [0.25, 0.3) is 0 Å². The molecule has 0 saturated carbocycles. The Morgan fingerprint density at radius 3 is 2.62 bits per heavy atom. The molecule has 0 unspecified atom stereocenters. The van der Waals surface area contributed by atoms with Crippen LogP contribution in [0.4, 0.5) is 5.82 Å². The Morgan fingerprint density at radius 2 is 2.00 bits per heavy atom. The van der Waals surface area contributed by atoms with Crippen molar-refractivity contribution in [3.63, 3.8) is 0 Å². The summed E-state index contributed by atoms with van der Waals surface area (Å²) in [5, 5.41) is 0. The van der Waals surface area contributed by atoms with E-state index in [0.29, 0.717) is 17.7 Å². The molecule has 2 heterocycles. The third kappa shape index (κ3) is 2.50. The van der Waals surface area contributed by atoms with Crippen LogP contribution in [0, 0.1) is 0 Å². The predicted molar refractivity (Wildman–Crippen MR) is 63.3 cm³/mol. The number of ether oxygens (including phenoxy) is 1. The van der Waals surface area contributed by atoms with Crippen LogP contribution < -0.4 is 5.73 Å². The summed E-state index contributed by atoms with van der Waals surface area (Å²) in [7, 11) is 0. The van der Waals surface area contributed by atoms with Gasteiger partial charge in [0, 0.05) is 30.9 Å². The summed E-state index contributed by atoms with van der Waals surface area (Å²) in [6, 6.07) is 1.87. The molecule has 0 atom stereocenters.